The fourth-order valence-corrected chi connectivity index (χ4v) is 2.89. The molecule has 2 fully saturated rings. The first-order valence-corrected chi connectivity index (χ1v) is 6.70. The largest absolute Gasteiger partial charge is 0.355 e. The third kappa shape index (κ3) is 3.06. The highest BCUT2D eigenvalue weighted by Gasteiger charge is 2.32. The average molecular weight is 238 g/mol. The Balaban J connectivity index is 1.99. The Kier molecular flexibility index (Phi) is 4.15. The first kappa shape index (κ1) is 12.6. The number of nitrogens with one attached hydrogen (secondary N) is 1. The van der Waals surface area contributed by atoms with E-state index in [2.05, 4.69) is 10.2 Å². The van der Waals surface area contributed by atoms with Crippen molar-refractivity contribution in [3.63, 3.8) is 0 Å². The van der Waals surface area contributed by atoms with E-state index in [0.717, 1.165) is 51.7 Å². The molecule has 2 unspecified atom stereocenters. The molecular weight excluding hydrogens is 216 g/mol. The second-order valence-electron chi connectivity index (χ2n) is 5.25. The van der Waals surface area contributed by atoms with Gasteiger partial charge >= 0.3 is 0 Å². The van der Waals surface area contributed by atoms with E-state index in [4.69, 9.17) is 0 Å². The smallest absolute Gasteiger partial charge is 0.237 e. The number of amides is 1. The number of likely N-dealkylation sites (tertiary alicyclic amines) is 1. The van der Waals surface area contributed by atoms with Crippen molar-refractivity contribution < 1.29 is 9.59 Å². The zero-order valence-corrected chi connectivity index (χ0v) is 10.6. The maximum absolute atomic E-state index is 12.0. The summed E-state index contributed by atoms with van der Waals surface area (Å²) in [5.74, 6) is 0.565. The lowest BCUT2D eigenvalue weighted by Gasteiger charge is -2.36. The van der Waals surface area contributed by atoms with Crippen molar-refractivity contribution in [3.05, 3.63) is 0 Å². The topological polar surface area (TPSA) is 49.4 Å². The molecule has 2 rings (SSSR count). The molecule has 96 valence electrons. The molecule has 0 aromatic carbocycles. The summed E-state index contributed by atoms with van der Waals surface area (Å²) in [5, 5.41) is 2.97. The Bertz CT molecular complexity index is 304. The summed E-state index contributed by atoms with van der Waals surface area (Å²) in [6, 6.07) is -0.000324. The normalized spacial score (nSPS) is 31.7. The van der Waals surface area contributed by atoms with Crippen molar-refractivity contribution >= 4 is 11.7 Å². The summed E-state index contributed by atoms with van der Waals surface area (Å²) in [6.45, 7) is 4.20. The number of carbonyl (C=O) groups is 2. The van der Waals surface area contributed by atoms with Gasteiger partial charge in [0.2, 0.25) is 5.91 Å². The lowest BCUT2D eigenvalue weighted by atomic mass is 9.92. The van der Waals surface area contributed by atoms with Crippen LogP contribution < -0.4 is 5.32 Å². The molecule has 0 spiro atoms. The van der Waals surface area contributed by atoms with E-state index < -0.39 is 0 Å². The molecule has 0 aromatic heterocycles. The zero-order valence-electron chi connectivity index (χ0n) is 10.6. The molecule has 0 aliphatic carbocycles. The van der Waals surface area contributed by atoms with Gasteiger partial charge in [-0.05, 0) is 45.6 Å². The number of ketones is 1. The molecule has 2 aliphatic heterocycles. The fraction of sp³-hybridized carbons (Fsp3) is 0.846. The predicted molar refractivity (Wildman–Crippen MR) is 65.6 cm³/mol. The van der Waals surface area contributed by atoms with Gasteiger partial charge in [-0.3, -0.25) is 14.5 Å². The van der Waals surface area contributed by atoms with Crippen molar-refractivity contribution in [2.75, 3.05) is 19.6 Å². The maximum atomic E-state index is 12.0. The number of carbonyl (C=O) groups excluding carboxylic acids is 2. The van der Waals surface area contributed by atoms with E-state index in [1.165, 1.54) is 0 Å². The van der Waals surface area contributed by atoms with Crippen LogP contribution in [0.1, 0.15) is 39.0 Å². The molecule has 1 amide bonds. The van der Waals surface area contributed by atoms with E-state index in [0.29, 0.717) is 0 Å². The summed E-state index contributed by atoms with van der Waals surface area (Å²) in [5.41, 5.74) is 0. The van der Waals surface area contributed by atoms with E-state index in [-0.39, 0.29) is 23.7 Å². The van der Waals surface area contributed by atoms with Crippen molar-refractivity contribution in [2.45, 2.75) is 45.1 Å². The van der Waals surface area contributed by atoms with E-state index in [1.807, 2.05) is 0 Å². The van der Waals surface area contributed by atoms with Gasteiger partial charge in [0, 0.05) is 19.0 Å². The minimum atomic E-state index is -0.000324. The Morgan fingerprint density at radius 3 is 2.88 bits per heavy atom. The van der Waals surface area contributed by atoms with Gasteiger partial charge in [0.25, 0.3) is 0 Å². The van der Waals surface area contributed by atoms with Crippen LogP contribution in [-0.4, -0.2) is 42.3 Å². The summed E-state index contributed by atoms with van der Waals surface area (Å²) in [7, 11) is 0. The molecule has 4 heteroatoms. The lowest BCUT2D eigenvalue weighted by molar-refractivity contribution is -0.129. The van der Waals surface area contributed by atoms with Crippen molar-refractivity contribution in [1.29, 1.82) is 0 Å². The van der Waals surface area contributed by atoms with Gasteiger partial charge in [-0.2, -0.15) is 0 Å². The molecule has 1 N–H and O–H groups in total. The predicted octanol–water partition coefficient (Wildman–Crippen LogP) is 0.956. The second kappa shape index (κ2) is 5.63. The van der Waals surface area contributed by atoms with E-state index >= 15 is 0 Å². The molecule has 4 nitrogen and oxygen atoms in total. The Morgan fingerprint density at radius 1 is 1.29 bits per heavy atom. The standard InChI is InChI=1S/C13H22N2O2/c1-10(16)11-5-4-8-15(9-11)12-6-2-3-7-14-13(12)17/h11-12H,2-9H2,1H3,(H,14,17). The SMILES string of the molecule is CC(=O)C1CCCN(C2CCCCNC2=O)C1. The number of hydrogen-bond donors (Lipinski definition) is 1. The molecule has 2 heterocycles. The molecule has 2 atom stereocenters. The summed E-state index contributed by atoms with van der Waals surface area (Å²) >= 11 is 0. The van der Waals surface area contributed by atoms with Crippen LogP contribution in [0.25, 0.3) is 0 Å². The number of piperidine rings is 1. The van der Waals surface area contributed by atoms with Crippen LogP contribution in [0.15, 0.2) is 0 Å². The Hall–Kier alpha value is -0.900. The Labute approximate surface area is 103 Å². The second-order valence-corrected chi connectivity index (χ2v) is 5.25. The van der Waals surface area contributed by atoms with Crippen LogP contribution in [0.2, 0.25) is 0 Å². The summed E-state index contributed by atoms with van der Waals surface area (Å²) in [4.78, 5) is 25.6. The maximum Gasteiger partial charge on any atom is 0.237 e. The van der Waals surface area contributed by atoms with Crippen LogP contribution in [0.4, 0.5) is 0 Å². The third-order valence-corrected chi connectivity index (χ3v) is 3.97. The highest BCUT2D eigenvalue weighted by molar-refractivity contribution is 5.82. The first-order chi connectivity index (χ1) is 8.18. The fourth-order valence-electron chi connectivity index (χ4n) is 2.89. The van der Waals surface area contributed by atoms with Crippen LogP contribution in [0.5, 0.6) is 0 Å². The molecule has 0 radical (unpaired) electrons. The van der Waals surface area contributed by atoms with E-state index in [9.17, 15) is 9.59 Å². The van der Waals surface area contributed by atoms with Gasteiger partial charge in [-0.15, -0.1) is 0 Å². The zero-order chi connectivity index (χ0) is 12.3. The average Bonchev–Trinajstić information content (AvgIpc) is 2.54. The minimum Gasteiger partial charge on any atom is -0.355 e. The van der Waals surface area contributed by atoms with Gasteiger partial charge in [0.15, 0.2) is 0 Å². The van der Waals surface area contributed by atoms with E-state index in [1.54, 1.807) is 6.92 Å². The molecule has 2 aliphatic rings. The number of nitrogens with zero attached hydrogens (tertiary/aromatic N) is 1. The molecule has 0 saturated carbocycles. The van der Waals surface area contributed by atoms with Gasteiger partial charge < -0.3 is 5.32 Å². The highest BCUT2D eigenvalue weighted by Crippen LogP contribution is 2.22. The van der Waals surface area contributed by atoms with Gasteiger partial charge in [0.1, 0.15) is 5.78 Å². The number of rotatable bonds is 2. The Morgan fingerprint density at radius 2 is 2.12 bits per heavy atom. The monoisotopic (exact) mass is 238 g/mol. The van der Waals surface area contributed by atoms with Crippen LogP contribution in [-0.2, 0) is 9.59 Å². The molecule has 0 bridgehead atoms. The number of Topliss-reactive ketones (excluding diaryl/α,β-unsaturated/α-hetero) is 1. The van der Waals surface area contributed by atoms with Gasteiger partial charge in [-0.25, -0.2) is 0 Å². The van der Waals surface area contributed by atoms with Crippen LogP contribution in [0, 0.1) is 5.92 Å². The molecule has 17 heavy (non-hydrogen) atoms. The van der Waals surface area contributed by atoms with Crippen molar-refractivity contribution in [2.24, 2.45) is 5.92 Å². The van der Waals surface area contributed by atoms with Crippen LogP contribution in [0.3, 0.4) is 0 Å². The van der Waals surface area contributed by atoms with Crippen molar-refractivity contribution in [3.8, 4) is 0 Å². The van der Waals surface area contributed by atoms with Gasteiger partial charge in [0.05, 0.1) is 6.04 Å². The number of hydrogen-bond acceptors (Lipinski definition) is 3. The molecule has 2 saturated heterocycles. The summed E-state index contributed by atoms with van der Waals surface area (Å²) in [6.07, 6.45) is 5.14. The van der Waals surface area contributed by atoms with Crippen LogP contribution >= 0.6 is 0 Å². The van der Waals surface area contributed by atoms with Gasteiger partial charge in [-0.1, -0.05) is 0 Å². The summed E-state index contributed by atoms with van der Waals surface area (Å²) < 4.78 is 0. The van der Waals surface area contributed by atoms with Crippen molar-refractivity contribution in [1.82, 2.24) is 10.2 Å². The first-order valence-electron chi connectivity index (χ1n) is 6.70. The quantitative estimate of drug-likeness (QED) is 0.779. The molecule has 0 aromatic rings. The third-order valence-electron chi connectivity index (χ3n) is 3.97. The lowest BCUT2D eigenvalue weighted by Crippen LogP contribution is -2.50. The molecular formula is C13H22N2O2. The highest BCUT2D eigenvalue weighted by atomic mass is 16.2. The minimum absolute atomic E-state index is 0.000324.